The Morgan fingerprint density at radius 1 is 1.39 bits per heavy atom. The molecule has 98 valence electrons. The molecule has 1 aliphatic rings. The molecule has 1 saturated heterocycles. The lowest BCUT2D eigenvalue weighted by atomic mass is 10.3. The quantitative estimate of drug-likeness (QED) is 0.800. The molecule has 0 bridgehead atoms. The van der Waals surface area contributed by atoms with Gasteiger partial charge in [-0.1, -0.05) is 0 Å². The fourth-order valence-corrected chi connectivity index (χ4v) is 2.00. The summed E-state index contributed by atoms with van der Waals surface area (Å²) < 4.78 is 18.1. The van der Waals surface area contributed by atoms with Gasteiger partial charge in [-0.3, -0.25) is 4.79 Å². The van der Waals surface area contributed by atoms with E-state index < -0.39 is 0 Å². The standard InChI is InChI=1S/C13H17FN2O2/c14-10-2-4-12(5-3-10)18-7-1-6-16-9-11(15)8-13(16)17/h2-5,11H,1,6-9,15H2. The number of nitrogens with zero attached hydrogens (tertiary/aromatic N) is 1. The van der Waals surface area contributed by atoms with Gasteiger partial charge in [0.1, 0.15) is 11.6 Å². The third-order valence-corrected chi connectivity index (χ3v) is 2.90. The number of rotatable bonds is 5. The van der Waals surface area contributed by atoms with Gasteiger partial charge in [-0.25, -0.2) is 4.39 Å². The summed E-state index contributed by atoms with van der Waals surface area (Å²) in [5.41, 5.74) is 5.70. The molecule has 2 rings (SSSR count). The van der Waals surface area contributed by atoms with Gasteiger partial charge in [0.25, 0.3) is 0 Å². The minimum absolute atomic E-state index is 0.0319. The molecule has 1 aromatic rings. The highest BCUT2D eigenvalue weighted by atomic mass is 19.1. The van der Waals surface area contributed by atoms with Crippen molar-refractivity contribution in [2.75, 3.05) is 19.7 Å². The molecule has 1 atom stereocenters. The maximum Gasteiger partial charge on any atom is 0.224 e. The highest BCUT2D eigenvalue weighted by Crippen LogP contribution is 2.12. The largest absolute Gasteiger partial charge is 0.494 e. The molecule has 4 nitrogen and oxygen atoms in total. The lowest BCUT2D eigenvalue weighted by molar-refractivity contribution is -0.127. The Balaban J connectivity index is 1.67. The van der Waals surface area contributed by atoms with E-state index >= 15 is 0 Å². The number of hydrogen-bond acceptors (Lipinski definition) is 3. The predicted molar refractivity (Wildman–Crippen MR) is 65.7 cm³/mol. The van der Waals surface area contributed by atoms with E-state index in [0.717, 1.165) is 6.42 Å². The first kappa shape index (κ1) is 12.8. The highest BCUT2D eigenvalue weighted by Gasteiger charge is 2.25. The second kappa shape index (κ2) is 5.82. The van der Waals surface area contributed by atoms with E-state index in [1.165, 1.54) is 12.1 Å². The molecule has 1 aliphatic heterocycles. The second-order valence-electron chi connectivity index (χ2n) is 4.46. The maximum absolute atomic E-state index is 12.6. The van der Waals surface area contributed by atoms with E-state index in [9.17, 15) is 9.18 Å². The summed E-state index contributed by atoms with van der Waals surface area (Å²) >= 11 is 0. The van der Waals surface area contributed by atoms with Crippen LogP contribution in [-0.2, 0) is 4.79 Å². The summed E-state index contributed by atoms with van der Waals surface area (Å²) in [7, 11) is 0. The van der Waals surface area contributed by atoms with Crippen LogP contribution in [0.15, 0.2) is 24.3 Å². The van der Waals surface area contributed by atoms with Crippen molar-refractivity contribution in [3.63, 3.8) is 0 Å². The molecule has 0 aromatic heterocycles. The zero-order chi connectivity index (χ0) is 13.0. The lowest BCUT2D eigenvalue weighted by Crippen LogP contribution is -2.29. The first-order chi connectivity index (χ1) is 8.65. The van der Waals surface area contributed by atoms with Crippen molar-refractivity contribution in [2.45, 2.75) is 18.9 Å². The Morgan fingerprint density at radius 2 is 2.11 bits per heavy atom. The summed E-state index contributed by atoms with van der Waals surface area (Å²) in [4.78, 5) is 13.2. The van der Waals surface area contributed by atoms with Crippen LogP contribution in [0.4, 0.5) is 4.39 Å². The molecular formula is C13H17FN2O2. The van der Waals surface area contributed by atoms with Crippen LogP contribution >= 0.6 is 0 Å². The molecule has 5 heteroatoms. The van der Waals surface area contributed by atoms with Crippen LogP contribution in [0.25, 0.3) is 0 Å². The summed E-state index contributed by atoms with van der Waals surface area (Å²) in [6.07, 6.45) is 1.19. The van der Waals surface area contributed by atoms with Gasteiger partial charge in [0.2, 0.25) is 5.91 Å². The molecule has 18 heavy (non-hydrogen) atoms. The van der Waals surface area contributed by atoms with E-state index in [2.05, 4.69) is 0 Å². The smallest absolute Gasteiger partial charge is 0.224 e. The van der Waals surface area contributed by atoms with Crippen molar-refractivity contribution in [3.8, 4) is 5.75 Å². The molecule has 1 heterocycles. The SMILES string of the molecule is NC1CC(=O)N(CCCOc2ccc(F)cc2)C1. The first-order valence-corrected chi connectivity index (χ1v) is 6.07. The lowest BCUT2D eigenvalue weighted by Gasteiger charge is -2.15. The van der Waals surface area contributed by atoms with Crippen LogP contribution < -0.4 is 10.5 Å². The molecule has 1 amide bonds. The van der Waals surface area contributed by atoms with Crippen molar-refractivity contribution in [1.82, 2.24) is 4.90 Å². The monoisotopic (exact) mass is 252 g/mol. The number of likely N-dealkylation sites (tertiary alicyclic amines) is 1. The van der Waals surface area contributed by atoms with Gasteiger partial charge in [-0.15, -0.1) is 0 Å². The normalized spacial score (nSPS) is 19.3. The molecule has 0 aliphatic carbocycles. The van der Waals surface area contributed by atoms with E-state index in [0.29, 0.717) is 31.9 Å². The highest BCUT2D eigenvalue weighted by molar-refractivity contribution is 5.79. The Kier molecular flexibility index (Phi) is 4.15. The van der Waals surface area contributed by atoms with Crippen molar-refractivity contribution < 1.29 is 13.9 Å². The van der Waals surface area contributed by atoms with E-state index in [1.807, 2.05) is 0 Å². The van der Waals surface area contributed by atoms with Crippen molar-refractivity contribution >= 4 is 5.91 Å². The average Bonchev–Trinajstić information content (AvgIpc) is 2.66. The Morgan fingerprint density at radius 3 is 2.72 bits per heavy atom. The molecule has 2 N–H and O–H groups in total. The summed E-state index contributed by atoms with van der Waals surface area (Å²) in [6, 6.07) is 5.87. The van der Waals surface area contributed by atoms with Gasteiger partial charge in [0, 0.05) is 25.6 Å². The molecular weight excluding hydrogens is 235 g/mol. The van der Waals surface area contributed by atoms with Gasteiger partial charge in [-0.05, 0) is 30.7 Å². The number of nitrogens with two attached hydrogens (primary N) is 1. The maximum atomic E-state index is 12.6. The number of hydrogen-bond donors (Lipinski definition) is 1. The Bertz CT molecular complexity index is 408. The third-order valence-electron chi connectivity index (χ3n) is 2.90. The average molecular weight is 252 g/mol. The number of carbonyl (C=O) groups excluding carboxylic acids is 1. The molecule has 0 saturated carbocycles. The number of ether oxygens (including phenoxy) is 1. The number of carbonyl (C=O) groups is 1. The number of halogens is 1. The van der Waals surface area contributed by atoms with Crippen LogP contribution in [0, 0.1) is 5.82 Å². The van der Waals surface area contributed by atoms with Crippen molar-refractivity contribution in [1.29, 1.82) is 0 Å². The fraction of sp³-hybridized carbons (Fsp3) is 0.462. The Hall–Kier alpha value is -1.62. The van der Waals surface area contributed by atoms with Crippen LogP contribution in [-0.4, -0.2) is 36.5 Å². The van der Waals surface area contributed by atoms with Gasteiger partial charge in [0.15, 0.2) is 0 Å². The molecule has 0 radical (unpaired) electrons. The fourth-order valence-electron chi connectivity index (χ4n) is 2.00. The van der Waals surface area contributed by atoms with Gasteiger partial charge in [-0.2, -0.15) is 0 Å². The zero-order valence-electron chi connectivity index (χ0n) is 10.1. The number of amides is 1. The molecule has 0 spiro atoms. The minimum Gasteiger partial charge on any atom is -0.494 e. The van der Waals surface area contributed by atoms with Crippen molar-refractivity contribution in [3.05, 3.63) is 30.1 Å². The van der Waals surface area contributed by atoms with Crippen molar-refractivity contribution in [2.24, 2.45) is 5.73 Å². The second-order valence-corrected chi connectivity index (χ2v) is 4.46. The van der Waals surface area contributed by atoms with Crippen LogP contribution in [0.1, 0.15) is 12.8 Å². The molecule has 1 unspecified atom stereocenters. The molecule has 1 aromatic carbocycles. The zero-order valence-corrected chi connectivity index (χ0v) is 10.1. The van der Waals surface area contributed by atoms with Crippen LogP contribution in [0.3, 0.4) is 0 Å². The van der Waals surface area contributed by atoms with Gasteiger partial charge in [0.05, 0.1) is 6.61 Å². The van der Waals surface area contributed by atoms with Gasteiger partial charge >= 0.3 is 0 Å². The molecule has 1 fully saturated rings. The van der Waals surface area contributed by atoms with E-state index in [1.54, 1.807) is 17.0 Å². The van der Waals surface area contributed by atoms with Crippen LogP contribution in [0.2, 0.25) is 0 Å². The third kappa shape index (κ3) is 3.43. The van der Waals surface area contributed by atoms with Crippen LogP contribution in [0.5, 0.6) is 5.75 Å². The van der Waals surface area contributed by atoms with E-state index in [4.69, 9.17) is 10.5 Å². The predicted octanol–water partition coefficient (Wildman–Crippen LogP) is 1.15. The Labute approximate surface area is 106 Å². The number of benzene rings is 1. The van der Waals surface area contributed by atoms with Gasteiger partial charge < -0.3 is 15.4 Å². The summed E-state index contributed by atoms with van der Waals surface area (Å²) in [5.74, 6) is 0.476. The minimum atomic E-state index is -0.279. The van der Waals surface area contributed by atoms with E-state index in [-0.39, 0.29) is 17.8 Å². The summed E-state index contributed by atoms with van der Waals surface area (Å²) in [5, 5.41) is 0. The topological polar surface area (TPSA) is 55.6 Å². The first-order valence-electron chi connectivity index (χ1n) is 6.07. The summed E-state index contributed by atoms with van der Waals surface area (Å²) in [6.45, 7) is 1.80.